The monoisotopic (exact) mass is 317 g/mol. The summed E-state index contributed by atoms with van der Waals surface area (Å²) in [6, 6.07) is 5.61. The van der Waals surface area contributed by atoms with Crippen LogP contribution < -0.4 is 10.6 Å². The van der Waals surface area contributed by atoms with E-state index in [0.717, 1.165) is 10.4 Å². The molecule has 3 rings (SSSR count). The van der Waals surface area contributed by atoms with Crippen molar-refractivity contribution < 1.29 is 14.7 Å². The largest absolute Gasteiger partial charge is 0.481 e. The summed E-state index contributed by atoms with van der Waals surface area (Å²) in [7, 11) is 0. The molecule has 2 atom stereocenters. The SMILES string of the molecule is CC(C(=O)O)C1(C)NC(=O)c2sc(-c3ccncc3)cc2N1. The fraction of sp³-hybridized carbons (Fsp3) is 0.267. The molecular formula is C15H15N3O3S. The van der Waals surface area contributed by atoms with Crippen molar-refractivity contribution in [3.05, 3.63) is 35.5 Å². The van der Waals surface area contributed by atoms with Crippen molar-refractivity contribution in [1.29, 1.82) is 0 Å². The second kappa shape index (κ2) is 5.10. The number of aromatic nitrogens is 1. The van der Waals surface area contributed by atoms with Crippen LogP contribution in [0.15, 0.2) is 30.6 Å². The van der Waals surface area contributed by atoms with E-state index in [2.05, 4.69) is 15.6 Å². The lowest BCUT2D eigenvalue weighted by Crippen LogP contribution is -2.60. The number of hydrogen-bond acceptors (Lipinski definition) is 5. The number of thiophene rings is 1. The smallest absolute Gasteiger partial charge is 0.310 e. The van der Waals surface area contributed by atoms with Crippen LogP contribution in [0.5, 0.6) is 0 Å². The molecule has 0 spiro atoms. The minimum atomic E-state index is -1.02. The number of hydrogen-bond donors (Lipinski definition) is 3. The molecule has 114 valence electrons. The van der Waals surface area contributed by atoms with E-state index in [1.165, 1.54) is 11.3 Å². The fourth-order valence-electron chi connectivity index (χ4n) is 2.38. The lowest BCUT2D eigenvalue weighted by molar-refractivity contribution is -0.143. The summed E-state index contributed by atoms with van der Waals surface area (Å²) >= 11 is 1.37. The van der Waals surface area contributed by atoms with Gasteiger partial charge in [0.1, 0.15) is 10.5 Å². The van der Waals surface area contributed by atoms with Gasteiger partial charge in [-0.1, -0.05) is 0 Å². The summed E-state index contributed by atoms with van der Waals surface area (Å²) in [5.74, 6) is -1.99. The standard InChI is InChI=1S/C15H15N3O3S/c1-8(14(20)21)15(2)17-10-7-11(9-3-5-16-6-4-9)22-12(10)13(19)18-15/h3-8,17H,1-2H3,(H,18,19)(H,20,21). The molecule has 6 nitrogen and oxygen atoms in total. The number of carbonyl (C=O) groups is 2. The Hall–Kier alpha value is -2.41. The van der Waals surface area contributed by atoms with Crippen molar-refractivity contribution in [3.63, 3.8) is 0 Å². The number of aliphatic carboxylic acids is 1. The third-order valence-corrected chi connectivity index (χ3v) is 5.09. The number of rotatable bonds is 3. The summed E-state index contributed by atoms with van der Waals surface area (Å²) in [5, 5.41) is 15.1. The molecule has 22 heavy (non-hydrogen) atoms. The summed E-state index contributed by atoms with van der Waals surface area (Å²) in [4.78, 5) is 29.0. The van der Waals surface area contributed by atoms with Gasteiger partial charge in [-0.15, -0.1) is 11.3 Å². The van der Waals surface area contributed by atoms with E-state index in [1.54, 1.807) is 26.2 Å². The van der Waals surface area contributed by atoms with Gasteiger partial charge in [-0.25, -0.2) is 0 Å². The van der Waals surface area contributed by atoms with Crippen LogP contribution in [0.25, 0.3) is 10.4 Å². The molecule has 0 aliphatic carbocycles. The zero-order valence-corrected chi connectivity index (χ0v) is 12.9. The van der Waals surface area contributed by atoms with Crippen LogP contribution in [0.3, 0.4) is 0 Å². The van der Waals surface area contributed by atoms with Crippen molar-refractivity contribution in [1.82, 2.24) is 10.3 Å². The van der Waals surface area contributed by atoms with E-state index in [0.29, 0.717) is 10.6 Å². The average molecular weight is 317 g/mol. The quantitative estimate of drug-likeness (QED) is 0.808. The van der Waals surface area contributed by atoms with E-state index in [-0.39, 0.29) is 5.91 Å². The highest BCUT2D eigenvalue weighted by Crippen LogP contribution is 2.39. The van der Waals surface area contributed by atoms with Gasteiger partial charge < -0.3 is 15.7 Å². The van der Waals surface area contributed by atoms with Gasteiger partial charge >= 0.3 is 5.97 Å². The van der Waals surface area contributed by atoms with E-state index in [4.69, 9.17) is 0 Å². The molecule has 0 radical (unpaired) electrons. The first-order valence-electron chi connectivity index (χ1n) is 6.78. The van der Waals surface area contributed by atoms with Crippen molar-refractivity contribution in [2.75, 3.05) is 5.32 Å². The Morgan fingerprint density at radius 2 is 2.05 bits per heavy atom. The Labute approximate surface area is 131 Å². The number of anilines is 1. The Balaban J connectivity index is 1.99. The number of fused-ring (bicyclic) bond motifs is 1. The molecular weight excluding hydrogens is 302 g/mol. The van der Waals surface area contributed by atoms with Crippen molar-refractivity contribution >= 4 is 28.9 Å². The molecule has 2 unspecified atom stereocenters. The van der Waals surface area contributed by atoms with Crippen LogP contribution in [0.4, 0.5) is 5.69 Å². The second-order valence-electron chi connectivity index (χ2n) is 5.43. The number of amides is 1. The Morgan fingerprint density at radius 1 is 1.36 bits per heavy atom. The predicted octanol–water partition coefficient (Wildman–Crippen LogP) is 2.40. The Kier molecular flexibility index (Phi) is 3.37. The molecule has 0 bridgehead atoms. The Morgan fingerprint density at radius 3 is 2.68 bits per heavy atom. The number of pyridine rings is 1. The molecule has 1 aliphatic heterocycles. The first kappa shape index (κ1) is 14.5. The highest BCUT2D eigenvalue weighted by atomic mass is 32.1. The van der Waals surface area contributed by atoms with Crippen molar-refractivity contribution in [3.8, 4) is 10.4 Å². The lowest BCUT2D eigenvalue weighted by Gasteiger charge is -2.39. The summed E-state index contributed by atoms with van der Waals surface area (Å²) < 4.78 is 0. The molecule has 0 aromatic carbocycles. The number of nitrogens with one attached hydrogen (secondary N) is 2. The van der Waals surface area contributed by atoms with E-state index in [1.807, 2.05) is 18.2 Å². The third kappa shape index (κ3) is 2.33. The number of carboxylic acid groups (broad SMARTS) is 1. The van der Waals surface area contributed by atoms with E-state index >= 15 is 0 Å². The average Bonchev–Trinajstić information content (AvgIpc) is 2.91. The second-order valence-corrected chi connectivity index (χ2v) is 6.48. The number of nitrogens with zero attached hydrogens (tertiary/aromatic N) is 1. The summed E-state index contributed by atoms with van der Waals surface area (Å²) in [6.45, 7) is 3.24. The van der Waals surface area contributed by atoms with Crippen molar-refractivity contribution in [2.24, 2.45) is 5.92 Å². The van der Waals surface area contributed by atoms with Crippen LogP contribution in [0.1, 0.15) is 23.5 Å². The van der Waals surface area contributed by atoms with Gasteiger partial charge in [0.15, 0.2) is 0 Å². The summed E-state index contributed by atoms with van der Waals surface area (Å²) in [6.07, 6.45) is 3.39. The van der Waals surface area contributed by atoms with Gasteiger partial charge in [-0.05, 0) is 37.6 Å². The minimum Gasteiger partial charge on any atom is -0.481 e. The number of carboxylic acids is 1. The van der Waals surface area contributed by atoms with E-state index in [9.17, 15) is 14.7 Å². The first-order valence-corrected chi connectivity index (χ1v) is 7.60. The minimum absolute atomic E-state index is 0.255. The highest BCUT2D eigenvalue weighted by Gasteiger charge is 2.42. The molecule has 2 aromatic heterocycles. The van der Waals surface area contributed by atoms with E-state index < -0.39 is 17.6 Å². The lowest BCUT2D eigenvalue weighted by atomic mass is 9.93. The first-order chi connectivity index (χ1) is 10.4. The molecule has 0 fully saturated rings. The molecule has 3 heterocycles. The maximum Gasteiger partial charge on any atom is 0.310 e. The van der Waals surface area contributed by atoms with Crippen LogP contribution in [0.2, 0.25) is 0 Å². The predicted molar refractivity (Wildman–Crippen MR) is 83.8 cm³/mol. The number of carbonyl (C=O) groups excluding carboxylic acids is 1. The topological polar surface area (TPSA) is 91.3 Å². The molecule has 0 saturated carbocycles. The molecule has 0 saturated heterocycles. The van der Waals surface area contributed by atoms with Gasteiger partial charge in [0.25, 0.3) is 5.91 Å². The molecule has 1 amide bonds. The normalized spacial score (nSPS) is 21.5. The van der Waals surface area contributed by atoms with Gasteiger partial charge in [-0.3, -0.25) is 14.6 Å². The zero-order valence-electron chi connectivity index (χ0n) is 12.1. The van der Waals surface area contributed by atoms with Crippen LogP contribution in [-0.4, -0.2) is 27.6 Å². The van der Waals surface area contributed by atoms with Crippen LogP contribution >= 0.6 is 11.3 Å². The highest BCUT2D eigenvalue weighted by molar-refractivity contribution is 7.18. The third-order valence-electron chi connectivity index (χ3n) is 3.91. The molecule has 7 heteroatoms. The fourth-order valence-corrected chi connectivity index (χ4v) is 3.39. The van der Waals surface area contributed by atoms with Crippen LogP contribution in [0, 0.1) is 5.92 Å². The van der Waals surface area contributed by atoms with Gasteiger partial charge in [-0.2, -0.15) is 0 Å². The molecule has 2 aromatic rings. The molecule has 3 N–H and O–H groups in total. The van der Waals surface area contributed by atoms with Crippen LogP contribution in [-0.2, 0) is 4.79 Å². The Bertz CT molecular complexity index is 744. The molecule has 1 aliphatic rings. The van der Waals surface area contributed by atoms with Crippen molar-refractivity contribution in [2.45, 2.75) is 19.5 Å². The van der Waals surface area contributed by atoms with Gasteiger partial charge in [0.2, 0.25) is 0 Å². The zero-order chi connectivity index (χ0) is 15.9. The summed E-state index contributed by atoms with van der Waals surface area (Å²) in [5.41, 5.74) is 0.611. The van der Waals surface area contributed by atoms with Gasteiger partial charge in [0.05, 0.1) is 11.6 Å². The van der Waals surface area contributed by atoms with Gasteiger partial charge in [0, 0.05) is 17.3 Å². The maximum atomic E-state index is 12.3. The maximum absolute atomic E-state index is 12.3.